The Morgan fingerprint density at radius 2 is 0.871 bits per heavy atom. The fraction of sp³-hybridized carbons (Fsp3) is 0.964. The third kappa shape index (κ3) is 20.9. The van der Waals surface area contributed by atoms with E-state index in [-0.39, 0.29) is 6.10 Å². The molecule has 3 heteroatoms. The van der Waals surface area contributed by atoms with Crippen LogP contribution in [-0.2, 0) is 9.47 Å². The maximum absolute atomic E-state index is 11.8. The predicted octanol–water partition coefficient (Wildman–Crippen LogP) is 9.86. The molecule has 0 aromatic heterocycles. The summed E-state index contributed by atoms with van der Waals surface area (Å²) in [5.41, 5.74) is 0. The van der Waals surface area contributed by atoms with Gasteiger partial charge in [0.1, 0.15) is 6.10 Å². The molecule has 0 atom stereocenters. The smallest absolute Gasteiger partial charge is 0.434 e. The van der Waals surface area contributed by atoms with E-state index < -0.39 is 6.16 Å². The third-order valence-corrected chi connectivity index (χ3v) is 6.26. The standard InChI is InChI=1S/C28H56O3/c1-6-7-8-9-10-11-12-13-14-15-16-17-18-19-20-21-22-23-24-30-28(29)31-27(25(2)3)26(4)5/h25-27H,6-24H2,1-5H3. The van der Waals surface area contributed by atoms with Crippen molar-refractivity contribution in [2.24, 2.45) is 11.8 Å². The van der Waals surface area contributed by atoms with Crippen molar-refractivity contribution in [3.63, 3.8) is 0 Å². The van der Waals surface area contributed by atoms with Crippen LogP contribution in [0.25, 0.3) is 0 Å². The average molecular weight is 441 g/mol. The van der Waals surface area contributed by atoms with Crippen molar-refractivity contribution in [3.8, 4) is 0 Å². The third-order valence-electron chi connectivity index (χ3n) is 6.26. The SMILES string of the molecule is CCCCCCCCCCCCCCCCCCCCOC(=O)OC(C(C)C)C(C)C. The van der Waals surface area contributed by atoms with E-state index in [0.29, 0.717) is 18.4 Å². The summed E-state index contributed by atoms with van der Waals surface area (Å²) in [6, 6.07) is 0. The zero-order valence-electron chi connectivity index (χ0n) is 21.9. The normalized spacial score (nSPS) is 11.6. The Morgan fingerprint density at radius 1 is 0.548 bits per heavy atom. The average Bonchev–Trinajstić information content (AvgIpc) is 2.73. The Balaban J connectivity index is 3.27. The molecule has 0 aromatic rings. The van der Waals surface area contributed by atoms with Gasteiger partial charge < -0.3 is 9.47 Å². The molecule has 0 aliphatic rings. The summed E-state index contributed by atoms with van der Waals surface area (Å²) in [6.45, 7) is 11.1. The molecule has 0 rings (SSSR count). The van der Waals surface area contributed by atoms with Crippen molar-refractivity contribution in [1.82, 2.24) is 0 Å². The van der Waals surface area contributed by atoms with Gasteiger partial charge >= 0.3 is 6.16 Å². The van der Waals surface area contributed by atoms with Gasteiger partial charge in [-0.05, 0) is 18.3 Å². The molecule has 0 saturated heterocycles. The molecular weight excluding hydrogens is 384 g/mol. The van der Waals surface area contributed by atoms with Crippen LogP contribution in [0.2, 0.25) is 0 Å². The lowest BCUT2D eigenvalue weighted by molar-refractivity contribution is -0.0110. The molecule has 0 aliphatic heterocycles. The second-order valence-electron chi connectivity index (χ2n) is 10.2. The van der Waals surface area contributed by atoms with Gasteiger partial charge in [0.05, 0.1) is 6.61 Å². The summed E-state index contributed by atoms with van der Waals surface area (Å²) in [5.74, 6) is 0.635. The van der Waals surface area contributed by atoms with Crippen LogP contribution in [-0.4, -0.2) is 18.9 Å². The molecule has 0 unspecified atom stereocenters. The number of carbonyl (C=O) groups is 1. The fourth-order valence-electron chi connectivity index (χ4n) is 4.35. The molecule has 0 amide bonds. The minimum Gasteiger partial charge on any atom is -0.434 e. The first-order valence-corrected chi connectivity index (χ1v) is 13.8. The Hall–Kier alpha value is -0.730. The molecular formula is C28H56O3. The lowest BCUT2D eigenvalue weighted by Crippen LogP contribution is -2.29. The monoisotopic (exact) mass is 440 g/mol. The minimum absolute atomic E-state index is 0.0622. The first-order chi connectivity index (χ1) is 15.0. The molecule has 0 fully saturated rings. The predicted molar refractivity (Wildman–Crippen MR) is 135 cm³/mol. The van der Waals surface area contributed by atoms with Crippen LogP contribution in [0.1, 0.15) is 150 Å². The molecule has 0 radical (unpaired) electrons. The summed E-state index contributed by atoms with van der Waals surface area (Å²) in [6.07, 6.45) is 24.0. The first-order valence-electron chi connectivity index (χ1n) is 13.8. The van der Waals surface area contributed by atoms with E-state index in [1.165, 1.54) is 103 Å². The van der Waals surface area contributed by atoms with Crippen LogP contribution >= 0.6 is 0 Å². The molecule has 186 valence electrons. The summed E-state index contributed by atoms with van der Waals surface area (Å²) >= 11 is 0. The zero-order chi connectivity index (χ0) is 23.2. The summed E-state index contributed by atoms with van der Waals surface area (Å²) in [5, 5.41) is 0. The topological polar surface area (TPSA) is 35.5 Å². The van der Waals surface area contributed by atoms with Crippen LogP contribution in [0.5, 0.6) is 0 Å². The van der Waals surface area contributed by atoms with Crippen LogP contribution in [0, 0.1) is 11.8 Å². The fourth-order valence-corrected chi connectivity index (χ4v) is 4.35. The van der Waals surface area contributed by atoms with Crippen molar-refractivity contribution >= 4 is 6.16 Å². The van der Waals surface area contributed by atoms with Gasteiger partial charge in [-0.3, -0.25) is 0 Å². The van der Waals surface area contributed by atoms with Crippen LogP contribution in [0.3, 0.4) is 0 Å². The maximum atomic E-state index is 11.8. The molecule has 0 heterocycles. The van der Waals surface area contributed by atoms with Crippen molar-refractivity contribution in [2.75, 3.05) is 6.61 Å². The molecule has 0 spiro atoms. The van der Waals surface area contributed by atoms with Crippen molar-refractivity contribution in [1.29, 1.82) is 0 Å². The number of ether oxygens (including phenoxy) is 2. The number of carbonyl (C=O) groups excluding carboxylic acids is 1. The lowest BCUT2D eigenvalue weighted by atomic mass is 9.96. The summed E-state index contributed by atoms with van der Waals surface area (Å²) < 4.78 is 10.7. The van der Waals surface area contributed by atoms with Gasteiger partial charge in [-0.15, -0.1) is 0 Å². The highest BCUT2D eigenvalue weighted by atomic mass is 16.7. The first kappa shape index (κ1) is 30.3. The summed E-state index contributed by atoms with van der Waals surface area (Å²) in [4.78, 5) is 11.8. The quantitative estimate of drug-likeness (QED) is 0.124. The van der Waals surface area contributed by atoms with Gasteiger partial charge in [0.15, 0.2) is 0 Å². The molecule has 0 bridgehead atoms. The van der Waals surface area contributed by atoms with Crippen LogP contribution < -0.4 is 0 Å². The van der Waals surface area contributed by atoms with E-state index in [1.807, 2.05) is 0 Å². The molecule has 0 saturated carbocycles. The van der Waals surface area contributed by atoms with Gasteiger partial charge in [-0.25, -0.2) is 4.79 Å². The second-order valence-corrected chi connectivity index (χ2v) is 10.2. The molecule has 31 heavy (non-hydrogen) atoms. The van der Waals surface area contributed by atoms with E-state index >= 15 is 0 Å². The molecule has 0 aromatic carbocycles. The molecule has 0 aliphatic carbocycles. The van der Waals surface area contributed by atoms with Crippen molar-refractivity contribution in [3.05, 3.63) is 0 Å². The van der Waals surface area contributed by atoms with Crippen molar-refractivity contribution < 1.29 is 14.3 Å². The highest BCUT2D eigenvalue weighted by Gasteiger charge is 2.22. The molecule has 3 nitrogen and oxygen atoms in total. The Bertz CT molecular complexity index is 370. The van der Waals surface area contributed by atoms with Gasteiger partial charge in [-0.1, -0.05) is 144 Å². The van der Waals surface area contributed by atoms with E-state index in [4.69, 9.17) is 9.47 Å². The van der Waals surface area contributed by atoms with Gasteiger partial charge in [0.2, 0.25) is 0 Å². The Labute approximate surface area is 195 Å². The van der Waals surface area contributed by atoms with Gasteiger partial charge in [0, 0.05) is 0 Å². The van der Waals surface area contributed by atoms with Crippen molar-refractivity contribution in [2.45, 2.75) is 156 Å². The zero-order valence-corrected chi connectivity index (χ0v) is 21.9. The minimum atomic E-state index is -0.501. The van der Waals surface area contributed by atoms with Gasteiger partial charge in [0.25, 0.3) is 0 Å². The maximum Gasteiger partial charge on any atom is 0.508 e. The highest BCUT2D eigenvalue weighted by molar-refractivity contribution is 5.60. The summed E-state index contributed by atoms with van der Waals surface area (Å²) in [7, 11) is 0. The van der Waals surface area contributed by atoms with E-state index in [1.54, 1.807) is 0 Å². The largest absolute Gasteiger partial charge is 0.508 e. The number of hydrogen-bond acceptors (Lipinski definition) is 3. The Kier molecular flexibility index (Phi) is 21.9. The van der Waals surface area contributed by atoms with Gasteiger partial charge in [-0.2, -0.15) is 0 Å². The van der Waals surface area contributed by atoms with E-state index in [2.05, 4.69) is 34.6 Å². The number of rotatable bonds is 22. The van der Waals surface area contributed by atoms with Crippen LogP contribution in [0.15, 0.2) is 0 Å². The number of hydrogen-bond donors (Lipinski definition) is 0. The van der Waals surface area contributed by atoms with Crippen LogP contribution in [0.4, 0.5) is 4.79 Å². The second kappa shape index (κ2) is 22.5. The lowest BCUT2D eigenvalue weighted by Gasteiger charge is -2.24. The highest BCUT2D eigenvalue weighted by Crippen LogP contribution is 2.17. The number of unbranched alkanes of at least 4 members (excludes halogenated alkanes) is 17. The van der Waals surface area contributed by atoms with E-state index in [9.17, 15) is 4.79 Å². The molecule has 0 N–H and O–H groups in total. The Morgan fingerprint density at radius 3 is 1.19 bits per heavy atom. The van der Waals surface area contributed by atoms with E-state index in [0.717, 1.165) is 12.8 Å².